The first kappa shape index (κ1) is 21.9. The molecule has 168 valence electrons. The summed E-state index contributed by atoms with van der Waals surface area (Å²) >= 11 is 0. The molecule has 0 unspecified atom stereocenters. The van der Waals surface area contributed by atoms with Crippen LogP contribution in [0.25, 0.3) is 5.57 Å². The topological polar surface area (TPSA) is 71.0 Å². The zero-order chi connectivity index (χ0) is 22.2. The van der Waals surface area contributed by atoms with E-state index in [2.05, 4.69) is 62.2 Å². The number of benzene rings is 1. The van der Waals surface area contributed by atoms with Crippen LogP contribution in [0.1, 0.15) is 102 Å². The molecule has 4 rings (SSSR count). The van der Waals surface area contributed by atoms with Gasteiger partial charge in [0.25, 0.3) is 0 Å². The van der Waals surface area contributed by atoms with Crippen LogP contribution < -0.4 is 4.74 Å². The molecule has 0 saturated carbocycles. The second kappa shape index (κ2) is 8.33. The van der Waals surface area contributed by atoms with E-state index in [0.29, 0.717) is 11.7 Å². The number of ether oxygens (including phenoxy) is 1. The average Bonchev–Trinajstić information content (AvgIpc) is 3.25. The van der Waals surface area contributed by atoms with Crippen LogP contribution in [0.2, 0.25) is 0 Å². The third-order valence-corrected chi connectivity index (χ3v) is 7.48. The van der Waals surface area contributed by atoms with Crippen LogP contribution in [0.5, 0.6) is 11.5 Å². The predicted molar refractivity (Wildman–Crippen MR) is 124 cm³/mol. The summed E-state index contributed by atoms with van der Waals surface area (Å²) in [5, 5.41) is 22.1. The fraction of sp³-hybridized carbons (Fsp3) is 0.615. The first-order chi connectivity index (χ1) is 14.7. The minimum absolute atomic E-state index is 0.00292. The normalized spacial score (nSPS) is 22.3. The van der Waals surface area contributed by atoms with Crippen LogP contribution in [0.4, 0.5) is 0 Å². The minimum Gasteiger partial charge on any atom is -0.508 e. The van der Waals surface area contributed by atoms with Crippen LogP contribution in [0.3, 0.4) is 0 Å². The maximum Gasteiger partial charge on any atom is 0.127 e. The number of aromatic amines is 1. The van der Waals surface area contributed by atoms with Gasteiger partial charge in [0.15, 0.2) is 0 Å². The van der Waals surface area contributed by atoms with Crippen LogP contribution in [0.15, 0.2) is 24.4 Å². The molecule has 31 heavy (non-hydrogen) atoms. The molecule has 0 amide bonds. The minimum atomic E-state index is -0.292. The number of fused-ring (bicyclic) bond motifs is 3. The van der Waals surface area contributed by atoms with Gasteiger partial charge >= 0.3 is 0 Å². The Morgan fingerprint density at radius 1 is 1.23 bits per heavy atom. The van der Waals surface area contributed by atoms with Gasteiger partial charge < -0.3 is 9.84 Å². The highest BCUT2D eigenvalue weighted by atomic mass is 16.5. The maximum atomic E-state index is 11.2. The Morgan fingerprint density at radius 3 is 2.74 bits per heavy atom. The maximum absolute atomic E-state index is 11.2. The summed E-state index contributed by atoms with van der Waals surface area (Å²) in [6.45, 7) is 11.2. The van der Waals surface area contributed by atoms with Crippen molar-refractivity contribution in [2.45, 2.75) is 96.5 Å². The SMILES string of the molecule is CCCCCCC(C)(C)c1cc(O)c2c(c1)OC(C)(C)[C@@H]1CC=C(c3c[nH]nn3)C[C@@H]21. The van der Waals surface area contributed by atoms with E-state index < -0.39 is 0 Å². The van der Waals surface area contributed by atoms with Crippen LogP contribution >= 0.6 is 0 Å². The molecule has 2 aromatic rings. The Hall–Kier alpha value is -2.30. The first-order valence-corrected chi connectivity index (χ1v) is 11.8. The van der Waals surface area contributed by atoms with E-state index in [4.69, 9.17) is 4.74 Å². The first-order valence-electron chi connectivity index (χ1n) is 11.8. The fourth-order valence-electron chi connectivity index (χ4n) is 5.49. The smallest absolute Gasteiger partial charge is 0.127 e. The third-order valence-electron chi connectivity index (χ3n) is 7.48. The highest BCUT2D eigenvalue weighted by Gasteiger charge is 2.46. The van der Waals surface area contributed by atoms with Gasteiger partial charge in [-0.2, -0.15) is 0 Å². The van der Waals surface area contributed by atoms with Crippen molar-refractivity contribution in [1.82, 2.24) is 15.4 Å². The van der Waals surface area contributed by atoms with E-state index in [1.54, 1.807) is 0 Å². The van der Waals surface area contributed by atoms with E-state index >= 15 is 0 Å². The molecule has 0 fully saturated rings. The van der Waals surface area contributed by atoms with Crippen molar-refractivity contribution < 1.29 is 9.84 Å². The van der Waals surface area contributed by atoms with E-state index in [-0.39, 0.29) is 16.9 Å². The lowest BCUT2D eigenvalue weighted by molar-refractivity contribution is 0.00908. The lowest BCUT2D eigenvalue weighted by Gasteiger charge is -2.47. The van der Waals surface area contributed by atoms with Gasteiger partial charge in [0, 0.05) is 23.6 Å². The van der Waals surface area contributed by atoms with E-state index in [0.717, 1.165) is 41.8 Å². The predicted octanol–water partition coefficient (Wildman–Crippen LogP) is 6.51. The van der Waals surface area contributed by atoms with Gasteiger partial charge in [-0.25, -0.2) is 0 Å². The molecule has 1 aliphatic heterocycles. The summed E-state index contributed by atoms with van der Waals surface area (Å²) in [4.78, 5) is 0. The summed E-state index contributed by atoms with van der Waals surface area (Å²) in [7, 11) is 0. The monoisotopic (exact) mass is 423 g/mol. The number of phenolic OH excluding ortho intramolecular Hbond substituents is 1. The number of nitrogens with zero attached hydrogens (tertiary/aromatic N) is 2. The second-order valence-corrected chi connectivity index (χ2v) is 10.5. The van der Waals surface area contributed by atoms with Crippen LogP contribution in [-0.2, 0) is 5.41 Å². The van der Waals surface area contributed by atoms with Gasteiger partial charge in [-0.05, 0) is 61.8 Å². The molecular formula is C26H37N3O2. The van der Waals surface area contributed by atoms with Crippen molar-refractivity contribution >= 4 is 5.57 Å². The Kier molecular flexibility index (Phi) is 5.89. The number of aromatic hydroxyl groups is 1. The summed E-state index contributed by atoms with van der Waals surface area (Å²) in [5.41, 5.74) is 3.93. The number of hydrogen-bond donors (Lipinski definition) is 2. The molecule has 0 spiro atoms. The standard InChI is InChI=1S/C26H37N3O2/c1-6-7-8-9-12-25(2,3)18-14-22(30)24-19-13-17(21-16-27-29-28-21)10-11-20(19)26(4,5)31-23(24)15-18/h10,14-16,19-20,30H,6-9,11-13H2,1-5H3,(H,27,28,29)/t19-,20-/m1/s1. The lowest BCUT2D eigenvalue weighted by atomic mass is 9.66. The molecular weight excluding hydrogens is 386 g/mol. The zero-order valence-corrected chi connectivity index (χ0v) is 19.7. The molecule has 1 aromatic heterocycles. The average molecular weight is 424 g/mol. The zero-order valence-electron chi connectivity index (χ0n) is 19.7. The van der Waals surface area contributed by atoms with Crippen LogP contribution in [0, 0.1) is 5.92 Å². The highest BCUT2D eigenvalue weighted by molar-refractivity contribution is 5.66. The van der Waals surface area contributed by atoms with Gasteiger partial charge in [-0.15, -0.1) is 5.10 Å². The van der Waals surface area contributed by atoms with E-state index in [9.17, 15) is 5.11 Å². The molecule has 2 N–H and O–H groups in total. The molecule has 5 heteroatoms. The number of hydrogen-bond acceptors (Lipinski definition) is 4. The molecule has 2 aliphatic rings. The lowest BCUT2D eigenvalue weighted by Crippen LogP contribution is -2.45. The van der Waals surface area contributed by atoms with Crippen molar-refractivity contribution in [3.8, 4) is 11.5 Å². The summed E-state index contributed by atoms with van der Waals surface area (Å²) in [5.74, 6) is 1.75. The van der Waals surface area contributed by atoms with Gasteiger partial charge in [-0.1, -0.05) is 57.7 Å². The number of aromatic nitrogens is 3. The molecule has 5 nitrogen and oxygen atoms in total. The quantitative estimate of drug-likeness (QED) is 0.498. The molecule has 0 bridgehead atoms. The number of phenols is 1. The van der Waals surface area contributed by atoms with Gasteiger partial charge in [0.05, 0.1) is 0 Å². The fourth-order valence-corrected chi connectivity index (χ4v) is 5.49. The summed E-state index contributed by atoms with van der Waals surface area (Å²) in [6, 6.07) is 4.19. The molecule has 1 aliphatic carbocycles. The Balaban J connectivity index is 1.66. The number of rotatable bonds is 7. The van der Waals surface area contributed by atoms with Gasteiger partial charge in [0.2, 0.25) is 0 Å². The molecule has 1 aromatic carbocycles. The third kappa shape index (κ3) is 4.24. The Bertz CT molecular complexity index is 944. The Labute approximate surface area is 186 Å². The van der Waals surface area contributed by atoms with Crippen molar-refractivity contribution in [3.05, 3.63) is 41.2 Å². The van der Waals surface area contributed by atoms with Crippen LogP contribution in [-0.4, -0.2) is 26.1 Å². The second-order valence-electron chi connectivity index (χ2n) is 10.5. The number of unbranched alkanes of at least 4 members (excludes halogenated alkanes) is 3. The van der Waals surface area contributed by atoms with Crippen molar-refractivity contribution in [1.29, 1.82) is 0 Å². The molecule has 2 heterocycles. The van der Waals surface area contributed by atoms with Gasteiger partial charge in [0.1, 0.15) is 22.8 Å². The number of H-pyrrole nitrogens is 1. The number of allylic oxidation sites excluding steroid dienone is 2. The Morgan fingerprint density at radius 2 is 2.03 bits per heavy atom. The van der Waals surface area contributed by atoms with E-state index in [1.165, 1.54) is 31.3 Å². The van der Waals surface area contributed by atoms with Gasteiger partial charge in [-0.3, -0.25) is 5.10 Å². The summed E-state index contributed by atoms with van der Waals surface area (Å²) in [6.07, 6.45) is 12.0. The van der Waals surface area contributed by atoms with Crippen molar-refractivity contribution in [2.24, 2.45) is 5.92 Å². The summed E-state index contributed by atoms with van der Waals surface area (Å²) < 4.78 is 6.55. The molecule has 2 atom stereocenters. The molecule has 0 saturated heterocycles. The van der Waals surface area contributed by atoms with E-state index in [1.807, 2.05) is 12.3 Å². The number of nitrogens with one attached hydrogen (secondary N) is 1. The van der Waals surface area contributed by atoms with Crippen molar-refractivity contribution in [3.63, 3.8) is 0 Å². The molecule has 0 radical (unpaired) electrons. The highest BCUT2D eigenvalue weighted by Crippen LogP contribution is 2.55. The van der Waals surface area contributed by atoms with Crippen molar-refractivity contribution in [2.75, 3.05) is 0 Å². The largest absolute Gasteiger partial charge is 0.508 e.